The molecule has 166 valence electrons. The molecule has 1 heterocycles. The van der Waals surface area contributed by atoms with E-state index in [1.807, 2.05) is 17.0 Å². The molecule has 1 amide bonds. The van der Waals surface area contributed by atoms with Crippen LogP contribution in [0.1, 0.15) is 61.7 Å². The Hall–Kier alpha value is -2.34. The first-order chi connectivity index (χ1) is 14.9. The fourth-order valence-electron chi connectivity index (χ4n) is 4.81. The predicted octanol–water partition coefficient (Wildman–Crippen LogP) is 5.06. The lowest BCUT2D eigenvalue weighted by atomic mass is 10.0. The van der Waals surface area contributed by atoms with Gasteiger partial charge in [0.15, 0.2) is 9.84 Å². The Morgan fingerprint density at radius 2 is 1.55 bits per heavy atom. The number of hydrogen-bond acceptors (Lipinski definition) is 4. The number of benzene rings is 2. The Balaban J connectivity index is 1.69. The molecule has 1 saturated heterocycles. The number of carbonyl (C=O) groups is 1. The normalized spacial score (nSPS) is 18.0. The summed E-state index contributed by atoms with van der Waals surface area (Å²) >= 11 is 0. The van der Waals surface area contributed by atoms with Crippen molar-refractivity contribution in [1.82, 2.24) is 0 Å². The van der Waals surface area contributed by atoms with Crippen LogP contribution in [0.25, 0.3) is 0 Å². The van der Waals surface area contributed by atoms with Gasteiger partial charge in [-0.2, -0.15) is 0 Å². The summed E-state index contributed by atoms with van der Waals surface area (Å²) in [7, 11) is -3.29. The lowest BCUT2D eigenvalue weighted by Crippen LogP contribution is -2.40. The maximum absolute atomic E-state index is 13.7. The summed E-state index contributed by atoms with van der Waals surface area (Å²) in [6.45, 7) is 2.13. The van der Waals surface area contributed by atoms with Crippen LogP contribution in [-0.2, 0) is 9.84 Å². The van der Waals surface area contributed by atoms with Crippen molar-refractivity contribution in [3.8, 4) is 0 Å². The number of nitrogens with zero attached hydrogens (tertiary/aromatic N) is 2. The lowest BCUT2D eigenvalue weighted by Gasteiger charge is -2.32. The van der Waals surface area contributed by atoms with Gasteiger partial charge in [-0.25, -0.2) is 8.42 Å². The van der Waals surface area contributed by atoms with Crippen LogP contribution in [0, 0.1) is 0 Å². The molecule has 5 nitrogen and oxygen atoms in total. The molecule has 2 aliphatic rings. The van der Waals surface area contributed by atoms with Gasteiger partial charge in [0.25, 0.3) is 5.91 Å². The van der Waals surface area contributed by atoms with Gasteiger partial charge in [0, 0.05) is 42.3 Å². The third-order valence-electron chi connectivity index (χ3n) is 6.52. The monoisotopic (exact) mass is 440 g/mol. The summed E-state index contributed by atoms with van der Waals surface area (Å²) in [6.07, 6.45) is 10.3. The minimum absolute atomic E-state index is 0.0504. The number of carbonyl (C=O) groups excluding carboxylic acids is 1. The van der Waals surface area contributed by atoms with Crippen molar-refractivity contribution in [1.29, 1.82) is 0 Å². The van der Waals surface area contributed by atoms with Crippen LogP contribution in [0.4, 0.5) is 11.4 Å². The van der Waals surface area contributed by atoms with Gasteiger partial charge in [-0.3, -0.25) is 4.79 Å². The molecule has 0 spiro atoms. The average molecular weight is 441 g/mol. The molecule has 0 atom stereocenters. The summed E-state index contributed by atoms with van der Waals surface area (Å²) in [6, 6.07) is 14.9. The van der Waals surface area contributed by atoms with E-state index in [1.165, 1.54) is 49.8 Å². The highest BCUT2D eigenvalue weighted by Gasteiger charge is 2.28. The first-order valence-corrected chi connectivity index (χ1v) is 13.3. The molecule has 0 radical (unpaired) electrons. The molecule has 2 fully saturated rings. The summed E-state index contributed by atoms with van der Waals surface area (Å²) in [5.74, 6) is -0.0504. The van der Waals surface area contributed by atoms with Gasteiger partial charge in [-0.05, 0) is 68.1 Å². The van der Waals surface area contributed by atoms with Gasteiger partial charge >= 0.3 is 0 Å². The van der Waals surface area contributed by atoms with Gasteiger partial charge in [0.2, 0.25) is 0 Å². The first-order valence-electron chi connectivity index (χ1n) is 11.4. The molecule has 6 heteroatoms. The van der Waals surface area contributed by atoms with Crippen molar-refractivity contribution >= 4 is 27.1 Å². The highest BCUT2D eigenvalue weighted by atomic mass is 32.2. The molecular formula is C25H32N2O3S. The Morgan fingerprint density at radius 1 is 0.903 bits per heavy atom. The van der Waals surface area contributed by atoms with E-state index in [1.54, 1.807) is 12.1 Å². The fraction of sp³-hybridized carbons (Fsp3) is 0.480. The second-order valence-corrected chi connectivity index (χ2v) is 10.8. The van der Waals surface area contributed by atoms with Gasteiger partial charge in [-0.1, -0.05) is 31.7 Å². The highest BCUT2D eigenvalue weighted by molar-refractivity contribution is 7.90. The van der Waals surface area contributed by atoms with Crippen LogP contribution in [-0.4, -0.2) is 39.7 Å². The van der Waals surface area contributed by atoms with Gasteiger partial charge < -0.3 is 9.80 Å². The standard InChI is InChI=1S/C25H32N2O3S/c1-31(29,30)24-15-13-20(14-16-24)25(28)27(21-9-4-2-3-5-10-21)23-12-8-11-22(19-23)26-17-6-7-18-26/h8,11-16,19,21H,2-7,9-10,17-18H2,1H3. The van der Waals surface area contributed by atoms with Crippen molar-refractivity contribution in [3.63, 3.8) is 0 Å². The molecule has 0 unspecified atom stereocenters. The zero-order valence-corrected chi connectivity index (χ0v) is 19.1. The van der Waals surface area contributed by atoms with Gasteiger partial charge in [-0.15, -0.1) is 0 Å². The minimum atomic E-state index is -3.29. The smallest absolute Gasteiger partial charge is 0.258 e. The summed E-state index contributed by atoms with van der Waals surface area (Å²) in [4.78, 5) is 18.3. The second kappa shape index (κ2) is 9.43. The van der Waals surface area contributed by atoms with Crippen LogP contribution >= 0.6 is 0 Å². The molecule has 1 aliphatic heterocycles. The molecule has 0 bridgehead atoms. The van der Waals surface area contributed by atoms with E-state index in [2.05, 4.69) is 17.0 Å². The highest BCUT2D eigenvalue weighted by Crippen LogP contribution is 2.32. The van der Waals surface area contributed by atoms with Crippen molar-refractivity contribution < 1.29 is 13.2 Å². The maximum atomic E-state index is 13.7. The average Bonchev–Trinajstić information content (AvgIpc) is 3.18. The zero-order chi connectivity index (χ0) is 21.8. The second-order valence-electron chi connectivity index (χ2n) is 8.83. The lowest BCUT2D eigenvalue weighted by molar-refractivity contribution is 0.0974. The van der Waals surface area contributed by atoms with Crippen LogP contribution in [0.3, 0.4) is 0 Å². The number of hydrogen-bond donors (Lipinski definition) is 0. The Bertz CT molecular complexity index is 1000. The molecule has 0 aromatic heterocycles. The minimum Gasteiger partial charge on any atom is -0.371 e. The first kappa shape index (κ1) is 21.9. The molecule has 4 rings (SSSR count). The van der Waals surface area contributed by atoms with Gasteiger partial charge in [0.05, 0.1) is 4.90 Å². The van der Waals surface area contributed by atoms with Crippen molar-refractivity contribution in [2.75, 3.05) is 29.1 Å². The van der Waals surface area contributed by atoms with E-state index < -0.39 is 9.84 Å². The van der Waals surface area contributed by atoms with Crippen molar-refractivity contribution in [2.45, 2.75) is 62.3 Å². The van der Waals surface area contributed by atoms with E-state index in [0.29, 0.717) is 5.56 Å². The summed E-state index contributed by atoms with van der Waals surface area (Å²) < 4.78 is 23.6. The molecule has 0 N–H and O–H groups in total. The SMILES string of the molecule is CS(=O)(=O)c1ccc(C(=O)N(c2cccc(N3CCCC3)c2)C2CCCCCC2)cc1. The molecule has 1 saturated carbocycles. The van der Waals surface area contributed by atoms with Gasteiger partial charge in [0.1, 0.15) is 0 Å². The van der Waals surface area contributed by atoms with E-state index in [-0.39, 0.29) is 16.8 Å². The van der Waals surface area contributed by atoms with E-state index in [0.717, 1.165) is 44.5 Å². The molecule has 2 aromatic rings. The third-order valence-corrected chi connectivity index (χ3v) is 7.65. The summed E-state index contributed by atoms with van der Waals surface area (Å²) in [5, 5.41) is 0. The summed E-state index contributed by atoms with van der Waals surface area (Å²) in [5.41, 5.74) is 2.64. The predicted molar refractivity (Wildman–Crippen MR) is 126 cm³/mol. The van der Waals surface area contributed by atoms with E-state index in [4.69, 9.17) is 0 Å². The number of anilines is 2. The number of rotatable bonds is 5. The third kappa shape index (κ3) is 5.12. The topological polar surface area (TPSA) is 57.7 Å². The molecular weight excluding hydrogens is 408 g/mol. The number of sulfone groups is 1. The molecule has 1 aliphatic carbocycles. The Morgan fingerprint density at radius 3 is 2.16 bits per heavy atom. The quantitative estimate of drug-likeness (QED) is 0.610. The fourth-order valence-corrected chi connectivity index (χ4v) is 5.44. The van der Waals surface area contributed by atoms with Crippen molar-refractivity contribution in [2.24, 2.45) is 0 Å². The Kier molecular flexibility index (Phi) is 6.65. The van der Waals surface area contributed by atoms with E-state index >= 15 is 0 Å². The Labute approximate surface area is 186 Å². The van der Waals surface area contributed by atoms with Crippen LogP contribution in [0.5, 0.6) is 0 Å². The maximum Gasteiger partial charge on any atom is 0.258 e. The van der Waals surface area contributed by atoms with E-state index in [9.17, 15) is 13.2 Å². The molecule has 2 aromatic carbocycles. The number of amides is 1. The van der Waals surface area contributed by atoms with Crippen LogP contribution in [0.2, 0.25) is 0 Å². The molecule has 31 heavy (non-hydrogen) atoms. The van der Waals surface area contributed by atoms with Crippen LogP contribution < -0.4 is 9.80 Å². The zero-order valence-electron chi connectivity index (χ0n) is 18.3. The van der Waals surface area contributed by atoms with Crippen LogP contribution in [0.15, 0.2) is 53.4 Å². The largest absolute Gasteiger partial charge is 0.371 e. The van der Waals surface area contributed by atoms with Crippen molar-refractivity contribution in [3.05, 3.63) is 54.1 Å².